The van der Waals surface area contributed by atoms with Crippen LogP contribution in [0.3, 0.4) is 0 Å². The van der Waals surface area contributed by atoms with E-state index in [2.05, 4.69) is 16.8 Å². The summed E-state index contributed by atoms with van der Waals surface area (Å²) in [5.74, 6) is 0.226. The molecule has 2 aliphatic rings. The van der Waals surface area contributed by atoms with Crippen LogP contribution in [0.1, 0.15) is 31.2 Å². The summed E-state index contributed by atoms with van der Waals surface area (Å²) in [5, 5.41) is 4.16. The first-order valence-electron chi connectivity index (χ1n) is 9.16. The van der Waals surface area contributed by atoms with Gasteiger partial charge < -0.3 is 19.3 Å². The molecule has 6 nitrogen and oxygen atoms in total. The number of rotatable bonds is 8. The van der Waals surface area contributed by atoms with E-state index in [0.29, 0.717) is 19.6 Å². The van der Waals surface area contributed by atoms with Gasteiger partial charge >= 0.3 is 0 Å². The van der Waals surface area contributed by atoms with Gasteiger partial charge in [0.2, 0.25) is 11.8 Å². The average Bonchev–Trinajstić information content (AvgIpc) is 3.07. The number of carbonyl (C=O) groups excluding carboxylic acids is 2. The van der Waals surface area contributed by atoms with E-state index in [0.717, 1.165) is 32.4 Å². The van der Waals surface area contributed by atoms with E-state index in [1.165, 1.54) is 5.56 Å². The summed E-state index contributed by atoms with van der Waals surface area (Å²) in [6.45, 7) is 2.80. The largest absolute Gasteiger partial charge is 0.384 e. The summed E-state index contributed by atoms with van der Waals surface area (Å²) in [6, 6.07) is 2.37. The highest BCUT2D eigenvalue weighted by Crippen LogP contribution is 2.57. The zero-order valence-electron chi connectivity index (χ0n) is 15.6. The Kier molecular flexibility index (Phi) is 6.32. The lowest BCUT2D eigenvalue weighted by Crippen LogP contribution is -2.44. The number of amides is 2. The van der Waals surface area contributed by atoms with Gasteiger partial charge in [0.15, 0.2) is 0 Å². The Morgan fingerprint density at radius 3 is 2.69 bits per heavy atom. The van der Waals surface area contributed by atoms with Crippen LogP contribution in [0.4, 0.5) is 0 Å². The summed E-state index contributed by atoms with van der Waals surface area (Å²) in [5.41, 5.74) is 1.37. The van der Waals surface area contributed by atoms with Crippen LogP contribution in [0.5, 0.6) is 0 Å². The Bertz CT molecular complexity index is 611. The Morgan fingerprint density at radius 1 is 1.31 bits per heavy atom. The molecule has 144 valence electrons. The van der Waals surface area contributed by atoms with Crippen molar-refractivity contribution in [3.63, 3.8) is 0 Å². The highest BCUT2D eigenvalue weighted by molar-refractivity contribution is 7.07. The first-order valence-corrected chi connectivity index (χ1v) is 10.1. The summed E-state index contributed by atoms with van der Waals surface area (Å²) in [4.78, 5) is 28.7. The van der Waals surface area contributed by atoms with Gasteiger partial charge in [-0.05, 0) is 47.1 Å². The monoisotopic (exact) mass is 380 g/mol. The maximum absolute atomic E-state index is 12.8. The lowest BCUT2D eigenvalue weighted by atomic mass is 9.92. The number of carbonyl (C=O) groups is 2. The molecule has 1 aromatic rings. The molecule has 1 aliphatic carbocycles. The molecule has 1 aliphatic heterocycles. The maximum atomic E-state index is 12.8. The van der Waals surface area contributed by atoms with Crippen molar-refractivity contribution in [3.05, 3.63) is 22.4 Å². The molecule has 0 radical (unpaired) electrons. The normalized spacial score (nSPS) is 21.0. The lowest BCUT2D eigenvalue weighted by molar-refractivity contribution is -0.138. The van der Waals surface area contributed by atoms with Gasteiger partial charge in [0, 0.05) is 39.9 Å². The first kappa shape index (κ1) is 19.3. The van der Waals surface area contributed by atoms with Gasteiger partial charge in [-0.3, -0.25) is 9.59 Å². The molecular formula is C19H28N2O4S. The van der Waals surface area contributed by atoms with Crippen LogP contribution in [-0.4, -0.2) is 68.2 Å². The molecular weight excluding hydrogens is 352 g/mol. The van der Waals surface area contributed by atoms with Crippen LogP contribution in [0.25, 0.3) is 0 Å². The quantitative estimate of drug-likeness (QED) is 0.693. The minimum Gasteiger partial charge on any atom is -0.384 e. The van der Waals surface area contributed by atoms with Crippen LogP contribution < -0.4 is 0 Å². The van der Waals surface area contributed by atoms with Crippen molar-refractivity contribution in [1.82, 2.24) is 9.80 Å². The van der Waals surface area contributed by atoms with Crippen molar-refractivity contribution in [1.29, 1.82) is 0 Å². The van der Waals surface area contributed by atoms with Crippen LogP contribution in [0.15, 0.2) is 16.8 Å². The number of hydrogen-bond acceptors (Lipinski definition) is 5. The molecule has 2 heterocycles. The van der Waals surface area contributed by atoms with Gasteiger partial charge in [-0.2, -0.15) is 11.3 Å². The van der Waals surface area contributed by atoms with Gasteiger partial charge in [-0.15, -0.1) is 0 Å². The maximum Gasteiger partial charge on any atom is 0.248 e. The predicted octanol–water partition coefficient (Wildman–Crippen LogP) is 2.14. The van der Waals surface area contributed by atoms with Crippen molar-refractivity contribution in [3.8, 4) is 0 Å². The zero-order chi connectivity index (χ0) is 18.6. The summed E-state index contributed by atoms with van der Waals surface area (Å²) < 4.78 is 10.1. The van der Waals surface area contributed by atoms with E-state index in [1.807, 2.05) is 9.80 Å². The van der Waals surface area contributed by atoms with Crippen molar-refractivity contribution in [2.45, 2.75) is 38.3 Å². The third-order valence-electron chi connectivity index (χ3n) is 5.68. The average molecular weight is 381 g/mol. The van der Waals surface area contributed by atoms with E-state index >= 15 is 0 Å². The van der Waals surface area contributed by atoms with Gasteiger partial charge in [-0.1, -0.05) is 0 Å². The Hall–Kier alpha value is -1.44. The third kappa shape index (κ3) is 4.27. The minimum absolute atomic E-state index is 0.0610. The van der Waals surface area contributed by atoms with E-state index in [4.69, 9.17) is 9.47 Å². The fourth-order valence-corrected chi connectivity index (χ4v) is 4.66. The summed E-state index contributed by atoms with van der Waals surface area (Å²) in [6.07, 6.45) is 3.39. The molecule has 26 heavy (non-hydrogen) atoms. The number of methoxy groups -OCH3 is 2. The Labute approximate surface area is 159 Å². The van der Waals surface area contributed by atoms with E-state index in [9.17, 15) is 9.59 Å². The zero-order valence-corrected chi connectivity index (χ0v) is 16.4. The van der Waals surface area contributed by atoms with E-state index < -0.39 is 0 Å². The molecule has 7 heteroatoms. The van der Waals surface area contributed by atoms with Crippen molar-refractivity contribution >= 4 is 23.2 Å². The molecule has 1 aromatic heterocycles. The van der Waals surface area contributed by atoms with Crippen LogP contribution >= 0.6 is 11.3 Å². The number of thiophene rings is 1. The van der Waals surface area contributed by atoms with Crippen molar-refractivity contribution in [2.75, 3.05) is 40.5 Å². The second-order valence-corrected chi connectivity index (χ2v) is 8.07. The standard InChI is InChI=1S/C19H28N2O4S/c1-24-9-3-17(22)21(12-15-4-10-26-14-15)16-11-19(16)5-7-20(8-6-19)18(23)13-25-2/h4,10,14,16H,3,5-9,11-13H2,1-2H3. The highest BCUT2D eigenvalue weighted by atomic mass is 32.1. The second-order valence-electron chi connectivity index (χ2n) is 7.29. The van der Waals surface area contributed by atoms with Gasteiger partial charge in [0.1, 0.15) is 6.61 Å². The van der Waals surface area contributed by atoms with Crippen LogP contribution in [-0.2, 0) is 25.6 Å². The number of likely N-dealkylation sites (tertiary alicyclic amines) is 1. The molecule has 1 atom stereocenters. The molecule has 0 bridgehead atoms. The fraction of sp³-hybridized carbons (Fsp3) is 0.684. The van der Waals surface area contributed by atoms with Crippen molar-refractivity contribution in [2.24, 2.45) is 5.41 Å². The predicted molar refractivity (Wildman–Crippen MR) is 99.9 cm³/mol. The van der Waals surface area contributed by atoms with Gasteiger partial charge in [0.25, 0.3) is 0 Å². The molecule has 1 saturated heterocycles. The lowest BCUT2D eigenvalue weighted by Gasteiger charge is -2.35. The first-order chi connectivity index (χ1) is 12.6. The summed E-state index contributed by atoms with van der Waals surface area (Å²) in [7, 11) is 3.18. The molecule has 3 rings (SSSR count). The second kappa shape index (κ2) is 8.50. The van der Waals surface area contributed by atoms with E-state index in [-0.39, 0.29) is 29.9 Å². The molecule has 0 aromatic carbocycles. The Balaban J connectivity index is 1.62. The molecule has 2 fully saturated rings. The third-order valence-corrected chi connectivity index (χ3v) is 6.41. The van der Waals surface area contributed by atoms with Gasteiger partial charge in [0.05, 0.1) is 13.0 Å². The molecule has 1 unspecified atom stereocenters. The fourth-order valence-electron chi connectivity index (χ4n) is 4.00. The van der Waals surface area contributed by atoms with Crippen LogP contribution in [0, 0.1) is 5.41 Å². The number of piperidine rings is 1. The smallest absolute Gasteiger partial charge is 0.248 e. The SMILES string of the molecule is COCCC(=O)N(Cc1ccsc1)C1CC12CCN(C(=O)COC)CC2. The molecule has 1 spiro atoms. The molecule has 0 N–H and O–H groups in total. The minimum atomic E-state index is 0.0610. The Morgan fingerprint density at radius 2 is 2.08 bits per heavy atom. The van der Waals surface area contributed by atoms with Crippen LogP contribution in [0.2, 0.25) is 0 Å². The van der Waals surface area contributed by atoms with E-state index in [1.54, 1.807) is 25.6 Å². The highest BCUT2D eigenvalue weighted by Gasteiger charge is 2.58. The van der Waals surface area contributed by atoms with Crippen molar-refractivity contribution < 1.29 is 19.1 Å². The summed E-state index contributed by atoms with van der Waals surface area (Å²) >= 11 is 1.66. The topological polar surface area (TPSA) is 59.1 Å². The molecule has 2 amide bonds. The number of hydrogen-bond donors (Lipinski definition) is 0. The van der Waals surface area contributed by atoms with Gasteiger partial charge in [-0.25, -0.2) is 0 Å². The molecule has 1 saturated carbocycles. The number of ether oxygens (including phenoxy) is 2. The number of nitrogens with zero attached hydrogens (tertiary/aromatic N) is 2.